The van der Waals surface area contributed by atoms with Crippen LogP contribution in [0.15, 0.2) is 84.6 Å². The summed E-state index contributed by atoms with van der Waals surface area (Å²) in [5.74, 6) is 2.56. The Morgan fingerprint density at radius 1 is 0.833 bits per heavy atom. The van der Waals surface area contributed by atoms with Crippen molar-refractivity contribution in [3.63, 3.8) is 0 Å². The van der Waals surface area contributed by atoms with Crippen LogP contribution in [0.2, 0.25) is 0 Å². The first-order chi connectivity index (χ1) is 14.4. The minimum Gasteiger partial charge on any atom is -0.106 e. The highest BCUT2D eigenvalue weighted by Crippen LogP contribution is 2.34. The molecule has 0 heterocycles. The van der Waals surface area contributed by atoms with Crippen molar-refractivity contribution in [1.82, 2.24) is 0 Å². The van der Waals surface area contributed by atoms with E-state index in [1.54, 1.807) is 22.3 Å². The number of allylic oxidation sites excluding steroid dienone is 11. The fraction of sp³-hybridized carbons (Fsp3) is 0.533. The van der Waals surface area contributed by atoms with Crippen LogP contribution < -0.4 is 0 Å². The summed E-state index contributed by atoms with van der Waals surface area (Å²) >= 11 is 0. The van der Waals surface area contributed by atoms with E-state index < -0.39 is 0 Å². The molecule has 0 saturated heterocycles. The fourth-order valence-electron chi connectivity index (χ4n) is 4.15. The lowest BCUT2D eigenvalue weighted by atomic mass is 9.81. The largest absolute Gasteiger partial charge is 0.106 e. The first-order valence-electron chi connectivity index (χ1n) is 12.0. The maximum absolute atomic E-state index is 3.87. The van der Waals surface area contributed by atoms with E-state index in [2.05, 4.69) is 90.8 Å². The quantitative estimate of drug-likeness (QED) is 0.317. The Labute approximate surface area is 187 Å². The molecule has 0 N–H and O–H groups in total. The van der Waals surface area contributed by atoms with E-state index in [0.717, 1.165) is 5.92 Å². The average Bonchev–Trinajstić information content (AvgIpc) is 2.81. The molecule has 0 aliphatic heterocycles. The van der Waals surface area contributed by atoms with Gasteiger partial charge in [-0.25, -0.2) is 0 Å². The van der Waals surface area contributed by atoms with E-state index in [1.165, 1.54) is 44.9 Å². The van der Waals surface area contributed by atoms with Gasteiger partial charge in [-0.2, -0.15) is 0 Å². The molecule has 0 spiro atoms. The Balaban J connectivity index is 0.00000218. The smallest absolute Gasteiger partial charge is 0.00845 e. The van der Waals surface area contributed by atoms with Crippen molar-refractivity contribution >= 4 is 0 Å². The summed E-state index contributed by atoms with van der Waals surface area (Å²) in [6.45, 7) is 21.5. The van der Waals surface area contributed by atoms with Crippen molar-refractivity contribution in [1.29, 1.82) is 0 Å². The molecule has 0 radical (unpaired) electrons. The highest BCUT2D eigenvalue weighted by atomic mass is 14.2. The summed E-state index contributed by atoms with van der Waals surface area (Å²) in [4.78, 5) is 0. The summed E-state index contributed by atoms with van der Waals surface area (Å²) in [5.41, 5.74) is 6.40. The molecule has 0 amide bonds. The van der Waals surface area contributed by atoms with E-state index in [0.29, 0.717) is 17.8 Å². The van der Waals surface area contributed by atoms with Gasteiger partial charge < -0.3 is 0 Å². The second kappa shape index (κ2) is 14.2. The van der Waals surface area contributed by atoms with Gasteiger partial charge in [-0.3, -0.25) is 0 Å². The van der Waals surface area contributed by atoms with E-state index in [1.807, 2.05) is 6.08 Å². The molecular weight excluding hydrogens is 360 g/mol. The summed E-state index contributed by atoms with van der Waals surface area (Å²) in [5, 5.41) is 0. The Morgan fingerprint density at radius 2 is 1.47 bits per heavy atom. The van der Waals surface area contributed by atoms with Crippen molar-refractivity contribution in [2.75, 3.05) is 0 Å². The second-order valence-corrected chi connectivity index (χ2v) is 9.10. The van der Waals surface area contributed by atoms with E-state index in [-0.39, 0.29) is 0 Å². The molecule has 0 aromatic rings. The maximum atomic E-state index is 3.87. The van der Waals surface area contributed by atoms with Crippen LogP contribution in [0.25, 0.3) is 0 Å². The standard InChI is InChI=1S/C28H42.C2H4/c1-7-21(3)9-10-22(4)23(5)11-12-24(6)26-17-19-28(20-18-26)27-15-13-25(8-2)14-16-27;1-2/h7,9-10,13,15,17,19,21-24H,1,8,11-12,14,16,18,20H2,2-6H3;1-2H2/b10-9-;. The lowest BCUT2D eigenvalue weighted by molar-refractivity contribution is 0.387. The van der Waals surface area contributed by atoms with Gasteiger partial charge in [0, 0.05) is 0 Å². The van der Waals surface area contributed by atoms with Gasteiger partial charge in [-0.1, -0.05) is 88.3 Å². The third-order valence-corrected chi connectivity index (χ3v) is 6.96. The van der Waals surface area contributed by atoms with Crippen LogP contribution in [0.1, 0.15) is 79.6 Å². The Kier molecular flexibility index (Phi) is 12.4. The average molecular weight is 407 g/mol. The fourth-order valence-corrected chi connectivity index (χ4v) is 4.15. The molecule has 4 unspecified atom stereocenters. The van der Waals surface area contributed by atoms with Crippen molar-refractivity contribution in [3.05, 3.63) is 84.6 Å². The van der Waals surface area contributed by atoms with Crippen LogP contribution in [0.3, 0.4) is 0 Å². The first-order valence-corrected chi connectivity index (χ1v) is 12.0. The van der Waals surface area contributed by atoms with Crippen molar-refractivity contribution < 1.29 is 0 Å². The number of rotatable bonds is 10. The highest BCUT2D eigenvalue weighted by molar-refractivity contribution is 5.42. The topological polar surface area (TPSA) is 0 Å². The van der Waals surface area contributed by atoms with E-state index in [9.17, 15) is 0 Å². The molecule has 30 heavy (non-hydrogen) atoms. The molecule has 2 aliphatic rings. The molecule has 2 aliphatic carbocycles. The van der Waals surface area contributed by atoms with Gasteiger partial charge in [0.2, 0.25) is 0 Å². The maximum Gasteiger partial charge on any atom is -0.00845 e. The molecule has 0 aromatic carbocycles. The van der Waals surface area contributed by atoms with Crippen LogP contribution in [0.4, 0.5) is 0 Å². The van der Waals surface area contributed by atoms with Gasteiger partial charge in [0.25, 0.3) is 0 Å². The second-order valence-electron chi connectivity index (χ2n) is 9.10. The summed E-state index contributed by atoms with van der Waals surface area (Å²) in [7, 11) is 0. The number of hydrogen-bond donors (Lipinski definition) is 0. The van der Waals surface area contributed by atoms with Gasteiger partial charge in [0.1, 0.15) is 0 Å². The third-order valence-electron chi connectivity index (χ3n) is 6.96. The van der Waals surface area contributed by atoms with Gasteiger partial charge in [0.15, 0.2) is 0 Å². The van der Waals surface area contributed by atoms with Crippen molar-refractivity contribution in [2.45, 2.75) is 79.6 Å². The van der Waals surface area contributed by atoms with Crippen LogP contribution in [-0.4, -0.2) is 0 Å². The lowest BCUT2D eigenvalue weighted by Gasteiger charge is -2.24. The van der Waals surface area contributed by atoms with Crippen LogP contribution in [0.5, 0.6) is 0 Å². The Hall–Kier alpha value is -1.82. The zero-order chi connectivity index (χ0) is 22.5. The minimum absolute atomic E-state index is 0.477. The van der Waals surface area contributed by atoms with Gasteiger partial charge >= 0.3 is 0 Å². The lowest BCUT2D eigenvalue weighted by Crippen LogP contribution is -2.10. The molecule has 0 saturated carbocycles. The van der Waals surface area contributed by atoms with Gasteiger partial charge in [0.05, 0.1) is 0 Å². The van der Waals surface area contributed by atoms with Gasteiger partial charge in [-0.05, 0) is 79.8 Å². The Morgan fingerprint density at radius 3 is 1.97 bits per heavy atom. The molecule has 0 heteroatoms. The third kappa shape index (κ3) is 8.50. The van der Waals surface area contributed by atoms with E-state index >= 15 is 0 Å². The molecule has 2 rings (SSSR count). The summed E-state index contributed by atoms with van der Waals surface area (Å²) in [6.07, 6.45) is 25.0. The molecule has 166 valence electrons. The SMILES string of the molecule is C=C.C=CC(C)/C=C\C(C)C(C)CCC(C)C1=CC=C(C2=CC=C(CC)CC2)CC1. The van der Waals surface area contributed by atoms with Crippen LogP contribution in [0, 0.1) is 23.7 Å². The number of hydrogen-bond acceptors (Lipinski definition) is 0. The van der Waals surface area contributed by atoms with Crippen LogP contribution in [-0.2, 0) is 0 Å². The minimum atomic E-state index is 0.477. The van der Waals surface area contributed by atoms with Crippen molar-refractivity contribution in [2.24, 2.45) is 23.7 Å². The highest BCUT2D eigenvalue weighted by Gasteiger charge is 2.18. The van der Waals surface area contributed by atoms with Gasteiger partial charge in [-0.15, -0.1) is 19.7 Å². The monoisotopic (exact) mass is 406 g/mol. The molecule has 0 nitrogen and oxygen atoms in total. The predicted molar refractivity (Wildman–Crippen MR) is 138 cm³/mol. The summed E-state index contributed by atoms with van der Waals surface area (Å²) < 4.78 is 0. The van der Waals surface area contributed by atoms with Crippen LogP contribution >= 0.6 is 0 Å². The molecule has 0 bridgehead atoms. The Bertz CT molecular complexity index is 679. The predicted octanol–water partition coefficient (Wildman–Crippen LogP) is 9.56. The molecule has 0 fully saturated rings. The molecule has 4 atom stereocenters. The first kappa shape index (κ1) is 26.2. The zero-order valence-corrected chi connectivity index (χ0v) is 20.4. The van der Waals surface area contributed by atoms with Crippen molar-refractivity contribution in [3.8, 4) is 0 Å². The zero-order valence-electron chi connectivity index (χ0n) is 20.4. The molecule has 0 aromatic heterocycles. The summed E-state index contributed by atoms with van der Waals surface area (Å²) in [6, 6.07) is 0. The normalized spacial score (nSPS) is 20.6. The van der Waals surface area contributed by atoms with E-state index in [4.69, 9.17) is 0 Å². The molecular formula is C30H46.